The summed E-state index contributed by atoms with van der Waals surface area (Å²) in [6.07, 6.45) is -6.60. The Morgan fingerprint density at radius 2 is 0.750 bits per heavy atom. The van der Waals surface area contributed by atoms with Gasteiger partial charge >= 0.3 is 11.9 Å². The molecule has 4 unspecified atom stereocenters. The van der Waals surface area contributed by atoms with Crippen molar-refractivity contribution in [2.75, 3.05) is 91.4 Å². The molecule has 29 heteroatoms. The fraction of sp³-hybridized carbons (Fsp3) is 0.486. The molecular formula is C35H48I6N6O17. The van der Waals surface area contributed by atoms with Gasteiger partial charge < -0.3 is 87.2 Å². The summed E-state index contributed by atoms with van der Waals surface area (Å²) in [5, 5.41) is 109. The number of halogens is 6. The molecule has 0 fully saturated rings. The molecule has 64 heavy (non-hydrogen) atoms. The Kier molecular flexibility index (Phi) is 30.6. The van der Waals surface area contributed by atoms with Crippen LogP contribution < -0.4 is 21.3 Å². The van der Waals surface area contributed by atoms with Crippen molar-refractivity contribution in [3.05, 3.63) is 43.7 Å². The van der Waals surface area contributed by atoms with Crippen molar-refractivity contribution in [1.82, 2.24) is 20.4 Å². The Morgan fingerprint density at radius 3 is 0.969 bits per heavy atom. The van der Waals surface area contributed by atoms with Gasteiger partial charge in [-0.2, -0.15) is 0 Å². The van der Waals surface area contributed by atoms with Gasteiger partial charge in [0.05, 0.1) is 98.8 Å². The van der Waals surface area contributed by atoms with Crippen molar-refractivity contribution in [1.29, 1.82) is 0 Å². The van der Waals surface area contributed by atoms with E-state index in [1.807, 2.05) is 136 Å². The minimum atomic E-state index is -2.30. The normalized spacial score (nSPS) is 12.6. The lowest BCUT2D eigenvalue weighted by atomic mass is 10.1. The first-order valence-electron chi connectivity index (χ1n) is 17.9. The number of aliphatic hydroxyl groups is 9. The Bertz CT molecular complexity index is 1830. The molecule has 0 saturated heterocycles. The summed E-state index contributed by atoms with van der Waals surface area (Å²) in [5.41, 5.74) is 2.35. The average Bonchev–Trinajstić information content (AvgIpc) is 3.24. The maximum absolute atomic E-state index is 13.0. The first-order valence-corrected chi connectivity index (χ1v) is 24.4. The molecule has 2 aromatic carbocycles. The average molecular weight is 1590 g/mol. The van der Waals surface area contributed by atoms with Gasteiger partial charge in [0.25, 0.3) is 23.6 Å². The van der Waals surface area contributed by atoms with E-state index in [2.05, 4.69) is 21.3 Å². The summed E-state index contributed by atoms with van der Waals surface area (Å²) in [5.74, 6) is -5.28. The highest BCUT2D eigenvalue weighted by atomic mass is 127. The van der Waals surface area contributed by atoms with Crippen LogP contribution in [-0.4, -0.2) is 213 Å². The summed E-state index contributed by atoms with van der Waals surface area (Å²) in [6, 6.07) is 0. The van der Waals surface area contributed by atoms with E-state index in [0.29, 0.717) is 43.9 Å². The lowest BCUT2D eigenvalue weighted by Crippen LogP contribution is -2.38. The van der Waals surface area contributed by atoms with Crippen LogP contribution >= 0.6 is 136 Å². The topological polar surface area (TPSA) is 380 Å². The SMILES string of the molecule is CNc1c(I)c(C(=O)NCC(O)CO)c(I)c(C(=O)N(C)CC(O)CO)c1I.CNc1c(I)c(C(=O)NCC(O)CO)c(I)c(C(=O)N(C)CC(O)CO)c1I.O=C(O)C(O)C(=O)O. The molecule has 0 bridgehead atoms. The van der Waals surface area contributed by atoms with Crippen molar-refractivity contribution >= 4 is 182 Å². The van der Waals surface area contributed by atoms with Crippen LogP contribution in [0.2, 0.25) is 0 Å². The van der Waals surface area contributed by atoms with Crippen LogP contribution in [0.4, 0.5) is 11.4 Å². The number of benzene rings is 2. The van der Waals surface area contributed by atoms with Crippen molar-refractivity contribution in [3.63, 3.8) is 0 Å². The standard InChI is InChI=1S/2C16H22I3N3O6.C3H4O5/c2*1-20-14-12(18)9(15(27)21-3-7(25)5-23)11(17)10(13(14)19)16(28)22(2)4-8(26)6-24;4-1(2(5)6)3(7)8/h2*7-8,20,23-26H,3-6H2,1-2H3,(H,21,27);1,4H,(H,5,6)(H,7,8). The maximum Gasteiger partial charge on any atom is 0.344 e. The molecule has 4 amide bonds. The first-order chi connectivity index (χ1) is 29.7. The third kappa shape index (κ3) is 18.4. The zero-order valence-corrected chi connectivity index (χ0v) is 47.0. The molecule has 23 nitrogen and oxygen atoms in total. The second kappa shape index (κ2) is 31.1. The third-order valence-corrected chi connectivity index (χ3v) is 14.5. The van der Waals surface area contributed by atoms with Gasteiger partial charge in [0.1, 0.15) is 0 Å². The van der Waals surface area contributed by atoms with E-state index in [0.717, 1.165) is 0 Å². The summed E-state index contributed by atoms with van der Waals surface area (Å²) in [4.78, 5) is 73.0. The van der Waals surface area contributed by atoms with Crippen molar-refractivity contribution < 1.29 is 84.9 Å². The van der Waals surface area contributed by atoms with E-state index in [1.165, 1.54) is 23.9 Å². The fourth-order valence-electron chi connectivity index (χ4n) is 4.67. The number of likely N-dealkylation sites (N-methyl/N-ethyl adjacent to an activating group) is 2. The summed E-state index contributed by atoms with van der Waals surface area (Å²) < 4.78 is 3.32. The predicted octanol–water partition coefficient (Wildman–Crippen LogP) is -1.38. The Labute approximate surface area is 448 Å². The molecule has 0 radical (unpaired) electrons. The number of hydrogen-bond donors (Lipinski definition) is 15. The smallest absolute Gasteiger partial charge is 0.344 e. The molecule has 0 aliphatic rings. The van der Waals surface area contributed by atoms with Crippen LogP contribution in [0, 0.1) is 21.4 Å². The number of anilines is 2. The van der Waals surface area contributed by atoms with Gasteiger partial charge in [-0.1, -0.05) is 0 Å². The van der Waals surface area contributed by atoms with Gasteiger partial charge in [0.2, 0.25) is 6.10 Å². The molecule has 0 saturated carbocycles. The minimum absolute atomic E-state index is 0.0629. The number of carbonyl (C=O) groups excluding carboxylic acids is 4. The number of aliphatic hydroxyl groups excluding tert-OH is 9. The zero-order valence-electron chi connectivity index (χ0n) is 34.1. The van der Waals surface area contributed by atoms with Gasteiger partial charge in [-0.05, 0) is 136 Å². The highest BCUT2D eigenvalue weighted by molar-refractivity contribution is 14.1. The predicted molar refractivity (Wildman–Crippen MR) is 281 cm³/mol. The largest absolute Gasteiger partial charge is 0.479 e. The summed E-state index contributed by atoms with van der Waals surface area (Å²) in [6.45, 7) is -2.29. The number of nitrogens with one attached hydrogen (secondary N) is 4. The highest BCUT2D eigenvalue weighted by Crippen LogP contribution is 2.37. The summed E-state index contributed by atoms with van der Waals surface area (Å²) >= 11 is 11.9. The van der Waals surface area contributed by atoms with E-state index >= 15 is 0 Å². The molecule has 0 heterocycles. The number of nitrogens with zero attached hydrogens (tertiary/aromatic N) is 2. The van der Waals surface area contributed by atoms with Gasteiger partial charge in [0, 0.05) is 61.5 Å². The number of carbonyl (C=O) groups is 6. The van der Waals surface area contributed by atoms with E-state index in [1.54, 1.807) is 14.1 Å². The molecule has 0 aliphatic carbocycles. The molecule has 4 atom stereocenters. The minimum Gasteiger partial charge on any atom is -0.479 e. The molecule has 362 valence electrons. The van der Waals surface area contributed by atoms with Crippen LogP contribution in [-0.2, 0) is 9.59 Å². The van der Waals surface area contributed by atoms with Crippen LogP contribution in [0.3, 0.4) is 0 Å². The zero-order chi connectivity index (χ0) is 49.9. The Morgan fingerprint density at radius 1 is 0.484 bits per heavy atom. The summed E-state index contributed by atoms with van der Waals surface area (Å²) in [7, 11) is 6.36. The number of amides is 4. The van der Waals surface area contributed by atoms with Crippen LogP contribution in [0.1, 0.15) is 41.4 Å². The number of carboxylic acid groups (broad SMARTS) is 2. The van der Waals surface area contributed by atoms with Crippen LogP contribution in [0.25, 0.3) is 0 Å². The first kappa shape index (κ1) is 62.9. The molecule has 2 rings (SSSR count). The molecule has 0 aromatic heterocycles. The van der Waals surface area contributed by atoms with Crippen molar-refractivity contribution in [2.45, 2.75) is 30.5 Å². The molecule has 15 N–H and O–H groups in total. The number of rotatable bonds is 20. The van der Waals surface area contributed by atoms with Gasteiger partial charge in [0.15, 0.2) is 0 Å². The van der Waals surface area contributed by atoms with Gasteiger partial charge in [-0.15, -0.1) is 0 Å². The van der Waals surface area contributed by atoms with E-state index in [-0.39, 0.29) is 37.3 Å². The Hall–Kier alpha value is -1.12. The van der Waals surface area contributed by atoms with Crippen LogP contribution in [0.15, 0.2) is 0 Å². The van der Waals surface area contributed by atoms with Crippen molar-refractivity contribution in [2.24, 2.45) is 0 Å². The quantitative estimate of drug-likeness (QED) is 0.0536. The van der Waals surface area contributed by atoms with E-state index < -0.39 is 92.5 Å². The molecular weight excluding hydrogens is 1540 g/mol. The third-order valence-electron chi connectivity index (χ3n) is 7.99. The van der Waals surface area contributed by atoms with Crippen LogP contribution in [0.5, 0.6) is 0 Å². The van der Waals surface area contributed by atoms with E-state index in [4.69, 9.17) is 35.7 Å². The number of hydrogen-bond acceptors (Lipinski definition) is 17. The molecule has 2 aromatic rings. The highest BCUT2D eigenvalue weighted by Gasteiger charge is 2.31. The fourth-order valence-corrected chi connectivity index (χ4v) is 14.0. The molecule has 0 spiro atoms. The lowest BCUT2D eigenvalue weighted by molar-refractivity contribution is -0.161. The lowest BCUT2D eigenvalue weighted by Gasteiger charge is -2.24. The monoisotopic (exact) mass is 1590 g/mol. The van der Waals surface area contributed by atoms with E-state index in [9.17, 15) is 49.2 Å². The second-order valence-corrected chi connectivity index (χ2v) is 19.3. The Balaban J connectivity index is 0.00000106. The number of aliphatic carboxylic acids is 2. The van der Waals surface area contributed by atoms with Crippen molar-refractivity contribution in [3.8, 4) is 0 Å². The number of carboxylic acids is 2. The van der Waals surface area contributed by atoms with Gasteiger partial charge in [-0.25, -0.2) is 9.59 Å². The second-order valence-electron chi connectivity index (χ2n) is 12.8. The van der Waals surface area contributed by atoms with Gasteiger partial charge in [-0.3, -0.25) is 19.2 Å². The maximum atomic E-state index is 13.0. The molecule has 0 aliphatic heterocycles.